The standard InChI is InChI=1S/C17H17N5O/c1-11-2-4-12(5-3-11)14-8-15(21-20-14)17(23)22-7-6-13-16(9-22)19-10-18-13/h2-5,8,10H,6-7,9H2,1H3,(H,18,19)(H,20,21). The van der Waals surface area contributed by atoms with E-state index in [1.54, 1.807) is 6.33 Å². The SMILES string of the molecule is Cc1ccc(-c2cc(C(=O)N3CCc4nc[nH]c4C3)[nH]n2)cc1. The highest BCUT2D eigenvalue weighted by molar-refractivity contribution is 5.93. The third-order valence-corrected chi connectivity index (χ3v) is 4.22. The molecule has 6 heteroatoms. The first-order valence-corrected chi connectivity index (χ1v) is 7.63. The molecule has 0 spiro atoms. The van der Waals surface area contributed by atoms with Gasteiger partial charge in [0.2, 0.25) is 0 Å². The molecule has 0 saturated carbocycles. The van der Waals surface area contributed by atoms with Gasteiger partial charge in [-0.25, -0.2) is 4.98 Å². The monoisotopic (exact) mass is 307 g/mol. The van der Waals surface area contributed by atoms with E-state index in [0.717, 1.165) is 29.1 Å². The number of amides is 1. The molecule has 2 N–H and O–H groups in total. The summed E-state index contributed by atoms with van der Waals surface area (Å²) in [7, 11) is 0. The molecule has 0 bridgehead atoms. The van der Waals surface area contributed by atoms with Crippen LogP contribution in [0, 0.1) is 6.92 Å². The molecule has 0 atom stereocenters. The first-order valence-electron chi connectivity index (χ1n) is 7.63. The molecule has 1 aliphatic rings. The second-order valence-electron chi connectivity index (χ2n) is 5.84. The molecule has 3 heterocycles. The van der Waals surface area contributed by atoms with Crippen LogP contribution in [0.5, 0.6) is 0 Å². The van der Waals surface area contributed by atoms with Crippen LogP contribution in [-0.4, -0.2) is 37.5 Å². The Morgan fingerprint density at radius 3 is 2.91 bits per heavy atom. The molecular formula is C17H17N5O. The van der Waals surface area contributed by atoms with Gasteiger partial charge >= 0.3 is 0 Å². The Hall–Kier alpha value is -2.89. The number of rotatable bonds is 2. The van der Waals surface area contributed by atoms with E-state index in [-0.39, 0.29) is 5.91 Å². The fourth-order valence-corrected chi connectivity index (χ4v) is 2.86. The molecule has 0 radical (unpaired) electrons. The third kappa shape index (κ3) is 2.52. The summed E-state index contributed by atoms with van der Waals surface area (Å²) in [6.45, 7) is 3.28. The van der Waals surface area contributed by atoms with Gasteiger partial charge in [0.05, 0.1) is 30.0 Å². The van der Waals surface area contributed by atoms with Crippen molar-refractivity contribution in [3.63, 3.8) is 0 Å². The third-order valence-electron chi connectivity index (χ3n) is 4.22. The molecule has 0 unspecified atom stereocenters. The van der Waals surface area contributed by atoms with Crippen LogP contribution in [0.2, 0.25) is 0 Å². The van der Waals surface area contributed by atoms with Gasteiger partial charge in [0.15, 0.2) is 0 Å². The quantitative estimate of drug-likeness (QED) is 0.762. The Labute approximate surface area is 133 Å². The van der Waals surface area contributed by atoms with Crippen LogP contribution in [0.3, 0.4) is 0 Å². The topological polar surface area (TPSA) is 77.7 Å². The van der Waals surface area contributed by atoms with Crippen molar-refractivity contribution in [2.45, 2.75) is 19.9 Å². The number of fused-ring (bicyclic) bond motifs is 1. The Morgan fingerprint density at radius 2 is 2.09 bits per heavy atom. The number of H-pyrrole nitrogens is 2. The largest absolute Gasteiger partial charge is 0.347 e. The molecule has 1 aliphatic heterocycles. The van der Waals surface area contributed by atoms with Gasteiger partial charge in [-0.2, -0.15) is 5.10 Å². The highest BCUT2D eigenvalue weighted by Gasteiger charge is 2.24. The number of benzene rings is 1. The van der Waals surface area contributed by atoms with Crippen LogP contribution in [-0.2, 0) is 13.0 Å². The average Bonchev–Trinajstić information content (AvgIpc) is 3.23. The van der Waals surface area contributed by atoms with Crippen LogP contribution >= 0.6 is 0 Å². The molecule has 23 heavy (non-hydrogen) atoms. The van der Waals surface area contributed by atoms with Crippen LogP contribution in [0.15, 0.2) is 36.7 Å². The number of carbonyl (C=O) groups is 1. The predicted molar refractivity (Wildman–Crippen MR) is 85.8 cm³/mol. The van der Waals surface area contributed by atoms with Gasteiger partial charge in [0, 0.05) is 18.5 Å². The summed E-state index contributed by atoms with van der Waals surface area (Å²) in [6.07, 6.45) is 2.47. The minimum absolute atomic E-state index is 0.0314. The number of nitrogens with one attached hydrogen (secondary N) is 2. The van der Waals surface area contributed by atoms with Crippen LogP contribution in [0.1, 0.15) is 27.4 Å². The van der Waals surface area contributed by atoms with E-state index in [2.05, 4.69) is 20.2 Å². The van der Waals surface area contributed by atoms with Gasteiger partial charge in [0.25, 0.3) is 5.91 Å². The van der Waals surface area contributed by atoms with E-state index < -0.39 is 0 Å². The Bertz CT molecular complexity index is 846. The molecule has 2 aromatic heterocycles. The average molecular weight is 307 g/mol. The van der Waals surface area contributed by atoms with E-state index in [4.69, 9.17) is 0 Å². The minimum Gasteiger partial charge on any atom is -0.347 e. The number of aromatic amines is 2. The smallest absolute Gasteiger partial charge is 0.272 e. The number of imidazole rings is 1. The number of aryl methyl sites for hydroxylation is 1. The molecule has 6 nitrogen and oxygen atoms in total. The van der Waals surface area contributed by atoms with Crippen molar-refractivity contribution in [3.05, 3.63) is 59.3 Å². The highest BCUT2D eigenvalue weighted by atomic mass is 16.2. The predicted octanol–water partition coefficient (Wildman–Crippen LogP) is 2.31. The lowest BCUT2D eigenvalue weighted by Crippen LogP contribution is -2.36. The highest BCUT2D eigenvalue weighted by Crippen LogP contribution is 2.21. The van der Waals surface area contributed by atoms with E-state index in [1.165, 1.54) is 5.56 Å². The van der Waals surface area contributed by atoms with E-state index in [9.17, 15) is 4.79 Å². The van der Waals surface area contributed by atoms with E-state index in [0.29, 0.717) is 18.8 Å². The maximum atomic E-state index is 12.7. The van der Waals surface area contributed by atoms with Crippen molar-refractivity contribution in [2.75, 3.05) is 6.54 Å². The second-order valence-corrected chi connectivity index (χ2v) is 5.84. The number of hydrogen-bond acceptors (Lipinski definition) is 3. The lowest BCUT2D eigenvalue weighted by molar-refractivity contribution is 0.0726. The zero-order chi connectivity index (χ0) is 15.8. The number of nitrogens with zero attached hydrogens (tertiary/aromatic N) is 3. The van der Waals surface area contributed by atoms with Crippen molar-refractivity contribution in [2.24, 2.45) is 0 Å². The summed E-state index contributed by atoms with van der Waals surface area (Å²) < 4.78 is 0. The Morgan fingerprint density at radius 1 is 1.26 bits per heavy atom. The first-order chi connectivity index (χ1) is 11.2. The number of aromatic nitrogens is 4. The van der Waals surface area contributed by atoms with Crippen LogP contribution in [0.4, 0.5) is 0 Å². The van der Waals surface area contributed by atoms with Gasteiger partial charge in [-0.05, 0) is 13.0 Å². The van der Waals surface area contributed by atoms with Crippen LogP contribution in [0.25, 0.3) is 11.3 Å². The minimum atomic E-state index is -0.0314. The summed E-state index contributed by atoms with van der Waals surface area (Å²) in [6, 6.07) is 9.91. The van der Waals surface area contributed by atoms with Gasteiger partial charge in [-0.3, -0.25) is 9.89 Å². The first kappa shape index (κ1) is 13.8. The van der Waals surface area contributed by atoms with Crippen molar-refractivity contribution in [1.82, 2.24) is 25.1 Å². The summed E-state index contributed by atoms with van der Waals surface area (Å²) >= 11 is 0. The zero-order valence-corrected chi connectivity index (χ0v) is 12.8. The summed E-state index contributed by atoms with van der Waals surface area (Å²) in [5, 5.41) is 7.14. The molecule has 0 fully saturated rings. The van der Waals surface area contributed by atoms with Crippen LogP contribution < -0.4 is 0 Å². The molecule has 0 saturated heterocycles. The van der Waals surface area contributed by atoms with Gasteiger partial charge < -0.3 is 9.88 Å². The maximum absolute atomic E-state index is 12.7. The molecule has 1 aromatic carbocycles. The Balaban J connectivity index is 1.55. The fraction of sp³-hybridized carbons (Fsp3) is 0.235. The molecule has 116 valence electrons. The summed E-state index contributed by atoms with van der Waals surface area (Å²) in [5.74, 6) is -0.0314. The van der Waals surface area contributed by atoms with Crippen molar-refractivity contribution < 1.29 is 4.79 Å². The molecule has 4 rings (SSSR count). The van der Waals surface area contributed by atoms with Gasteiger partial charge in [-0.1, -0.05) is 29.8 Å². The maximum Gasteiger partial charge on any atom is 0.272 e. The van der Waals surface area contributed by atoms with E-state index in [1.807, 2.05) is 42.2 Å². The number of hydrogen-bond donors (Lipinski definition) is 2. The Kier molecular flexibility index (Phi) is 3.22. The number of carbonyl (C=O) groups excluding carboxylic acids is 1. The zero-order valence-electron chi connectivity index (χ0n) is 12.8. The van der Waals surface area contributed by atoms with Gasteiger partial charge in [-0.15, -0.1) is 0 Å². The summed E-state index contributed by atoms with van der Waals surface area (Å²) in [4.78, 5) is 21.8. The molecule has 0 aliphatic carbocycles. The molecule has 3 aromatic rings. The van der Waals surface area contributed by atoms with Crippen molar-refractivity contribution in [3.8, 4) is 11.3 Å². The van der Waals surface area contributed by atoms with Crippen molar-refractivity contribution >= 4 is 5.91 Å². The lowest BCUT2D eigenvalue weighted by Gasteiger charge is -2.25. The molecular weight excluding hydrogens is 290 g/mol. The normalized spacial score (nSPS) is 13.9. The fourth-order valence-electron chi connectivity index (χ4n) is 2.86. The van der Waals surface area contributed by atoms with Crippen molar-refractivity contribution in [1.29, 1.82) is 0 Å². The summed E-state index contributed by atoms with van der Waals surface area (Å²) in [5.41, 5.74) is 5.57. The van der Waals surface area contributed by atoms with E-state index >= 15 is 0 Å². The lowest BCUT2D eigenvalue weighted by atomic mass is 10.1. The molecule has 1 amide bonds. The second kappa shape index (κ2) is 5.39. The van der Waals surface area contributed by atoms with Gasteiger partial charge in [0.1, 0.15) is 5.69 Å².